The van der Waals surface area contributed by atoms with Crippen molar-refractivity contribution in [3.8, 4) is 0 Å². The lowest BCUT2D eigenvalue weighted by atomic mass is 9.67. The summed E-state index contributed by atoms with van der Waals surface area (Å²) in [6, 6.07) is -0.0426. The minimum Gasteiger partial charge on any atom is -0.355 e. The molecule has 5 amide bonds. The molecule has 0 aliphatic heterocycles. The highest BCUT2D eigenvalue weighted by molar-refractivity contribution is 8.76. The molecule has 0 rings (SSSR count). The maximum absolute atomic E-state index is 13.5. The fraction of sp³-hybridized carbons (Fsp3) is 0.750. The van der Waals surface area contributed by atoms with E-state index in [1.165, 1.54) is 0 Å². The molecule has 0 aromatic rings. The zero-order valence-electron chi connectivity index (χ0n) is 26.3. The van der Waals surface area contributed by atoms with Crippen LogP contribution in [0.2, 0.25) is 0 Å². The van der Waals surface area contributed by atoms with Crippen LogP contribution in [0.15, 0.2) is 12.2 Å². The summed E-state index contributed by atoms with van der Waals surface area (Å²) in [5, 5.41) is 14.1. The number of rotatable bonds is 22. The first-order chi connectivity index (χ1) is 19.6. The van der Waals surface area contributed by atoms with Crippen LogP contribution < -0.4 is 32.5 Å². The summed E-state index contributed by atoms with van der Waals surface area (Å²) in [5.74, 6) is 4.66. The fourth-order valence-electron chi connectivity index (χ4n) is 4.28. The van der Waals surface area contributed by atoms with Gasteiger partial charge in [0.05, 0.1) is 0 Å². The summed E-state index contributed by atoms with van der Waals surface area (Å²) < 4.78 is 0. The average molecular weight is 633 g/mol. The van der Waals surface area contributed by atoms with E-state index in [0.717, 1.165) is 5.75 Å². The Labute approximate surface area is 259 Å². The average Bonchev–Trinajstić information content (AvgIpc) is 2.91. The van der Waals surface area contributed by atoms with Crippen LogP contribution in [0.4, 0.5) is 0 Å². The third-order valence-electron chi connectivity index (χ3n) is 6.65. The SMILES string of the molecule is C=C(C)C(=O)NCCSSCCNC(=O)C(C)(CC)CC(C)(CC(C)C(=O)NC(C)C)C(=O)NCCNC(=O)CON. The van der Waals surface area contributed by atoms with E-state index in [1.54, 1.807) is 42.4 Å². The summed E-state index contributed by atoms with van der Waals surface area (Å²) in [5.41, 5.74) is -1.44. The lowest BCUT2D eigenvalue weighted by molar-refractivity contribution is -0.139. The van der Waals surface area contributed by atoms with E-state index in [4.69, 9.17) is 5.90 Å². The topological polar surface area (TPSA) is 181 Å². The molecule has 7 N–H and O–H groups in total. The number of carbonyl (C=O) groups is 5. The minimum atomic E-state index is -1.04. The minimum absolute atomic E-state index is 0.0426. The molecule has 3 atom stereocenters. The predicted molar refractivity (Wildman–Crippen MR) is 170 cm³/mol. The quantitative estimate of drug-likeness (QED) is 0.0448. The molecule has 0 heterocycles. The van der Waals surface area contributed by atoms with Gasteiger partial charge in [0.2, 0.25) is 29.5 Å². The van der Waals surface area contributed by atoms with Crippen molar-refractivity contribution >= 4 is 51.1 Å². The van der Waals surface area contributed by atoms with Crippen LogP contribution in [0, 0.1) is 16.7 Å². The Morgan fingerprint density at radius 1 is 0.857 bits per heavy atom. The lowest BCUT2D eigenvalue weighted by Crippen LogP contribution is -2.50. The molecule has 42 heavy (non-hydrogen) atoms. The molecule has 14 heteroatoms. The zero-order chi connectivity index (χ0) is 32.3. The molecule has 0 aliphatic carbocycles. The van der Waals surface area contributed by atoms with E-state index < -0.39 is 22.7 Å². The highest BCUT2D eigenvalue weighted by atomic mass is 33.1. The molecule has 0 aromatic carbocycles. The largest absolute Gasteiger partial charge is 0.355 e. The number of amides is 5. The van der Waals surface area contributed by atoms with Crippen molar-refractivity contribution in [2.45, 2.75) is 73.8 Å². The van der Waals surface area contributed by atoms with Gasteiger partial charge in [-0.3, -0.25) is 28.8 Å². The van der Waals surface area contributed by atoms with Crippen molar-refractivity contribution in [2.24, 2.45) is 22.6 Å². The van der Waals surface area contributed by atoms with Crippen LogP contribution in [-0.2, 0) is 28.8 Å². The number of carbonyl (C=O) groups excluding carboxylic acids is 5. The Kier molecular flexibility index (Phi) is 19.5. The Morgan fingerprint density at radius 3 is 1.90 bits per heavy atom. The number of hydrogen-bond donors (Lipinski definition) is 6. The molecule has 0 saturated heterocycles. The molecule has 0 saturated carbocycles. The summed E-state index contributed by atoms with van der Waals surface area (Å²) in [4.78, 5) is 67.0. The monoisotopic (exact) mass is 632 g/mol. The van der Waals surface area contributed by atoms with Gasteiger partial charge in [-0.25, -0.2) is 5.90 Å². The smallest absolute Gasteiger partial charge is 0.248 e. The van der Waals surface area contributed by atoms with Crippen molar-refractivity contribution in [3.63, 3.8) is 0 Å². The molecule has 0 aliphatic rings. The summed E-state index contributed by atoms with van der Waals surface area (Å²) in [6.07, 6.45) is 0.959. The summed E-state index contributed by atoms with van der Waals surface area (Å²) in [6.45, 7) is 17.3. The Morgan fingerprint density at radius 2 is 1.38 bits per heavy atom. The van der Waals surface area contributed by atoms with E-state index in [1.807, 2.05) is 27.7 Å². The molecule has 0 spiro atoms. The molecule has 0 bridgehead atoms. The van der Waals surface area contributed by atoms with Crippen LogP contribution in [0.1, 0.15) is 67.7 Å². The Hall–Kier alpha value is -2.29. The van der Waals surface area contributed by atoms with Gasteiger partial charge >= 0.3 is 0 Å². The van der Waals surface area contributed by atoms with Gasteiger partial charge < -0.3 is 26.6 Å². The highest BCUT2D eigenvalue weighted by Crippen LogP contribution is 2.41. The summed E-state index contributed by atoms with van der Waals surface area (Å²) >= 11 is 0. The van der Waals surface area contributed by atoms with E-state index in [0.29, 0.717) is 30.8 Å². The molecular weight excluding hydrogens is 580 g/mol. The first kappa shape index (κ1) is 39.7. The molecule has 242 valence electrons. The molecule has 12 nitrogen and oxygen atoms in total. The molecule has 3 unspecified atom stereocenters. The van der Waals surface area contributed by atoms with Crippen molar-refractivity contribution in [3.05, 3.63) is 12.2 Å². The molecule has 0 fully saturated rings. The fourth-order valence-corrected chi connectivity index (χ4v) is 6.09. The second kappa shape index (κ2) is 20.6. The first-order valence-corrected chi connectivity index (χ1v) is 16.7. The summed E-state index contributed by atoms with van der Waals surface area (Å²) in [7, 11) is 3.20. The van der Waals surface area contributed by atoms with Gasteiger partial charge in [-0.1, -0.05) is 55.9 Å². The normalized spacial score (nSPS) is 14.6. The predicted octanol–water partition coefficient (Wildman–Crippen LogP) is 1.66. The van der Waals surface area contributed by atoms with Gasteiger partial charge in [0.15, 0.2) is 0 Å². The van der Waals surface area contributed by atoms with Gasteiger partial charge in [0.1, 0.15) is 6.61 Å². The number of nitrogens with two attached hydrogens (primary N) is 1. The van der Waals surface area contributed by atoms with Crippen LogP contribution in [-0.4, -0.2) is 79.9 Å². The van der Waals surface area contributed by atoms with E-state index in [2.05, 4.69) is 38.0 Å². The van der Waals surface area contributed by atoms with Gasteiger partial charge in [0, 0.05) is 66.0 Å². The molecule has 0 aromatic heterocycles. The van der Waals surface area contributed by atoms with Gasteiger partial charge in [-0.15, -0.1) is 0 Å². The Bertz CT molecular complexity index is 921. The molecule has 0 radical (unpaired) electrons. The van der Waals surface area contributed by atoms with Crippen molar-refractivity contribution in [1.82, 2.24) is 26.6 Å². The van der Waals surface area contributed by atoms with E-state index in [9.17, 15) is 24.0 Å². The van der Waals surface area contributed by atoms with Crippen molar-refractivity contribution < 1.29 is 28.8 Å². The zero-order valence-corrected chi connectivity index (χ0v) is 27.9. The van der Waals surface area contributed by atoms with Gasteiger partial charge in [-0.05, 0) is 40.0 Å². The second-order valence-electron chi connectivity index (χ2n) is 11.3. The number of nitrogens with one attached hydrogen (secondary N) is 5. The van der Waals surface area contributed by atoms with Crippen molar-refractivity contribution in [2.75, 3.05) is 44.3 Å². The van der Waals surface area contributed by atoms with E-state index in [-0.39, 0.29) is 62.2 Å². The second-order valence-corrected chi connectivity index (χ2v) is 14.0. The highest BCUT2D eigenvalue weighted by Gasteiger charge is 2.45. The van der Waals surface area contributed by atoms with Crippen LogP contribution in [0.3, 0.4) is 0 Å². The molecular formula is C28H52N6O6S2. The van der Waals surface area contributed by atoms with Crippen LogP contribution in [0.25, 0.3) is 0 Å². The Balaban J connectivity index is 5.26. The maximum Gasteiger partial charge on any atom is 0.248 e. The third kappa shape index (κ3) is 15.8. The maximum atomic E-state index is 13.5. The van der Waals surface area contributed by atoms with E-state index >= 15 is 0 Å². The third-order valence-corrected chi connectivity index (χ3v) is 9.06. The van der Waals surface area contributed by atoms with Crippen molar-refractivity contribution in [1.29, 1.82) is 0 Å². The van der Waals surface area contributed by atoms with Gasteiger partial charge in [0.25, 0.3) is 0 Å². The van der Waals surface area contributed by atoms with Gasteiger partial charge in [-0.2, -0.15) is 0 Å². The lowest BCUT2D eigenvalue weighted by Gasteiger charge is -2.38. The van der Waals surface area contributed by atoms with Crippen LogP contribution in [0.5, 0.6) is 0 Å². The number of hydrogen-bond acceptors (Lipinski definition) is 9. The first-order valence-electron chi connectivity index (χ1n) is 14.2. The van der Waals surface area contributed by atoms with Crippen LogP contribution >= 0.6 is 21.6 Å². The standard InChI is InChI=1S/C28H52N6O6S2/c1-9-27(7,25(38)33-13-15-42-41-14-12-31-23(36)19(2)3)18-28(8,16-21(6)24(37)34-20(4)5)26(39)32-11-10-30-22(35)17-40-29/h20-21H,2,9-18,29H2,1,3-8H3,(H,30,35)(H,31,36)(H,32,39)(H,33,38)(H,34,37).